The number of nitrogens with zero attached hydrogens (tertiary/aromatic N) is 4. The van der Waals surface area contributed by atoms with Crippen LogP contribution in [0, 0.1) is 27.7 Å². The summed E-state index contributed by atoms with van der Waals surface area (Å²) < 4.78 is 8.60. The summed E-state index contributed by atoms with van der Waals surface area (Å²) in [5.74, 6) is 0. The van der Waals surface area contributed by atoms with Crippen LogP contribution in [0.3, 0.4) is 0 Å². The Morgan fingerprint density at radius 2 is 1.41 bits per heavy atom. The molecular weight excluding hydrogens is 645 g/mol. The fourth-order valence-electron chi connectivity index (χ4n) is 7.74. The van der Waals surface area contributed by atoms with E-state index < -0.39 is 0 Å². The lowest BCUT2D eigenvalue weighted by molar-refractivity contribution is -0.437. The highest BCUT2D eigenvalue weighted by Crippen LogP contribution is 2.50. The van der Waals surface area contributed by atoms with Crippen molar-refractivity contribution in [3.63, 3.8) is 0 Å². The smallest absolute Gasteiger partial charge is 0.210 e. The molecule has 3 aliphatic rings. The number of fused-ring (bicyclic) bond motifs is 2. The highest BCUT2D eigenvalue weighted by atomic mass is 32.2. The van der Waals surface area contributed by atoms with E-state index >= 15 is 0 Å². The molecule has 2 aliphatic heterocycles. The Balaban J connectivity index is 1.60. The van der Waals surface area contributed by atoms with Crippen LogP contribution in [0.2, 0.25) is 0 Å². The molecule has 0 N–H and O–H groups in total. The predicted octanol–water partition coefficient (Wildman–Crippen LogP) is 9.75. The van der Waals surface area contributed by atoms with Crippen molar-refractivity contribution in [2.24, 2.45) is 0 Å². The van der Waals surface area contributed by atoms with Gasteiger partial charge in [-0.15, -0.1) is 0 Å². The highest BCUT2D eigenvalue weighted by molar-refractivity contribution is 8.04. The van der Waals surface area contributed by atoms with Crippen LogP contribution < -0.4 is 4.90 Å². The second-order valence-electron chi connectivity index (χ2n) is 17.1. The fraction of sp³-hybridized carbons (Fsp3) is 0.533. The average molecular weight is 710 g/mol. The highest BCUT2D eigenvalue weighted by Gasteiger charge is 2.45. The van der Waals surface area contributed by atoms with Crippen LogP contribution in [0.25, 0.3) is 0 Å². The molecule has 0 atom stereocenters. The van der Waals surface area contributed by atoms with Gasteiger partial charge < -0.3 is 19.4 Å². The average Bonchev–Trinajstić information content (AvgIpc) is 3.57. The van der Waals surface area contributed by atoms with Crippen LogP contribution >= 0.6 is 11.8 Å². The first kappa shape index (κ1) is 39.3. The Hall–Kier alpha value is -2.90. The number of likely N-dealkylation sites (N-methyl/N-ethyl adjacent to an activating group) is 2. The van der Waals surface area contributed by atoms with E-state index in [2.05, 4.69) is 165 Å². The zero-order chi connectivity index (χ0) is 37.6. The maximum Gasteiger partial charge on any atom is 0.210 e. The molecule has 51 heavy (non-hydrogen) atoms. The summed E-state index contributed by atoms with van der Waals surface area (Å²) in [4.78, 5) is 8.16. The van der Waals surface area contributed by atoms with Gasteiger partial charge in [0.15, 0.2) is 12.3 Å². The van der Waals surface area contributed by atoms with E-state index in [1.54, 1.807) is 0 Å². The van der Waals surface area contributed by atoms with Crippen LogP contribution in [-0.4, -0.2) is 86.5 Å². The molecule has 5 nitrogen and oxygen atoms in total. The Bertz CT molecular complexity index is 1830. The van der Waals surface area contributed by atoms with Crippen LogP contribution in [0.1, 0.15) is 87.8 Å². The molecule has 0 amide bonds. The molecule has 0 saturated carbocycles. The van der Waals surface area contributed by atoms with Crippen molar-refractivity contribution < 1.29 is 9.31 Å². The van der Waals surface area contributed by atoms with E-state index in [1.807, 2.05) is 18.9 Å². The molecule has 5 rings (SSSR count). The SMILES string of the molecule is COC(C)(C)SC1=C(/C=C/C2=[N+](CCN(C)C)c3cc(C)c(C)cc3C2(C)C)CC/C1=C\C=C1\N(CCN(C)C)c2cc(C)c(C)cc2C1(C)C. The zero-order valence-electron chi connectivity index (χ0n) is 34.5. The van der Waals surface area contributed by atoms with Crippen molar-refractivity contribution in [2.75, 3.05) is 66.4 Å². The third-order valence-electron chi connectivity index (χ3n) is 11.5. The summed E-state index contributed by atoms with van der Waals surface area (Å²) in [5, 5.41) is 0. The quantitative estimate of drug-likeness (QED) is 0.161. The number of allylic oxidation sites excluding steroid dienone is 7. The van der Waals surface area contributed by atoms with Crippen molar-refractivity contribution in [3.8, 4) is 0 Å². The Morgan fingerprint density at radius 1 is 0.804 bits per heavy atom. The number of ether oxygens (including phenoxy) is 1. The van der Waals surface area contributed by atoms with Gasteiger partial charge in [-0.2, -0.15) is 4.58 Å². The number of hydrogen-bond acceptors (Lipinski definition) is 5. The minimum absolute atomic E-state index is 0.0895. The van der Waals surface area contributed by atoms with Crippen molar-refractivity contribution >= 4 is 28.8 Å². The number of hydrogen-bond donors (Lipinski definition) is 0. The molecule has 276 valence electrons. The van der Waals surface area contributed by atoms with Gasteiger partial charge in [0.05, 0.1) is 12.0 Å². The van der Waals surface area contributed by atoms with Gasteiger partial charge >= 0.3 is 0 Å². The van der Waals surface area contributed by atoms with Gasteiger partial charge in [-0.1, -0.05) is 43.8 Å². The number of rotatable bonds is 12. The zero-order valence-corrected chi connectivity index (χ0v) is 35.3. The summed E-state index contributed by atoms with van der Waals surface area (Å²) >= 11 is 1.86. The summed E-state index contributed by atoms with van der Waals surface area (Å²) in [6, 6.07) is 9.66. The van der Waals surface area contributed by atoms with Crippen molar-refractivity contribution in [3.05, 3.63) is 104 Å². The summed E-state index contributed by atoms with van der Waals surface area (Å²) in [7, 11) is 10.5. The number of methoxy groups -OCH3 is 1. The van der Waals surface area contributed by atoms with E-state index in [1.165, 1.54) is 72.2 Å². The van der Waals surface area contributed by atoms with Crippen LogP contribution in [-0.2, 0) is 15.6 Å². The first-order valence-electron chi connectivity index (χ1n) is 18.8. The van der Waals surface area contributed by atoms with Gasteiger partial charge in [0.25, 0.3) is 0 Å². The molecule has 0 saturated heterocycles. The molecule has 2 aromatic rings. The minimum atomic E-state index is -0.344. The molecule has 2 aromatic carbocycles. The molecule has 0 spiro atoms. The lowest BCUT2D eigenvalue weighted by Crippen LogP contribution is -2.32. The van der Waals surface area contributed by atoms with Gasteiger partial charge in [-0.3, -0.25) is 0 Å². The maximum atomic E-state index is 6.02. The lowest BCUT2D eigenvalue weighted by Gasteiger charge is -2.28. The molecule has 2 heterocycles. The van der Waals surface area contributed by atoms with E-state index in [9.17, 15) is 0 Å². The summed E-state index contributed by atoms with van der Waals surface area (Å²) in [6.45, 7) is 26.8. The summed E-state index contributed by atoms with van der Waals surface area (Å²) in [5.41, 5.74) is 16.4. The van der Waals surface area contributed by atoms with Crippen LogP contribution in [0.5, 0.6) is 0 Å². The van der Waals surface area contributed by atoms with Gasteiger partial charge in [-0.25, -0.2) is 0 Å². The summed E-state index contributed by atoms with van der Waals surface area (Å²) in [6.07, 6.45) is 11.8. The number of benzene rings is 2. The maximum absolute atomic E-state index is 6.02. The minimum Gasteiger partial charge on any atom is -0.368 e. The molecule has 6 heteroatoms. The van der Waals surface area contributed by atoms with E-state index in [4.69, 9.17) is 4.74 Å². The van der Waals surface area contributed by atoms with Gasteiger partial charge in [-0.05, 0) is 154 Å². The van der Waals surface area contributed by atoms with Crippen molar-refractivity contribution in [2.45, 2.75) is 97.8 Å². The van der Waals surface area contributed by atoms with Crippen molar-refractivity contribution in [1.82, 2.24) is 9.80 Å². The topological polar surface area (TPSA) is 22.0 Å². The first-order valence-corrected chi connectivity index (χ1v) is 19.6. The molecule has 0 radical (unpaired) electrons. The second kappa shape index (κ2) is 14.9. The molecule has 1 aliphatic carbocycles. The van der Waals surface area contributed by atoms with Crippen molar-refractivity contribution in [1.29, 1.82) is 0 Å². The van der Waals surface area contributed by atoms with Gasteiger partial charge in [0, 0.05) is 59.6 Å². The molecule has 0 aromatic heterocycles. The third kappa shape index (κ3) is 7.90. The van der Waals surface area contributed by atoms with E-state index in [-0.39, 0.29) is 15.8 Å². The van der Waals surface area contributed by atoms with Gasteiger partial charge in [0.1, 0.15) is 4.93 Å². The van der Waals surface area contributed by atoms with Gasteiger partial charge in [0.2, 0.25) is 5.69 Å². The fourth-order valence-corrected chi connectivity index (χ4v) is 8.91. The largest absolute Gasteiger partial charge is 0.368 e. The Kier molecular flexibility index (Phi) is 11.4. The first-order chi connectivity index (χ1) is 23.8. The molecule has 0 fully saturated rings. The molecule has 0 unspecified atom stereocenters. The van der Waals surface area contributed by atoms with Crippen LogP contribution in [0.15, 0.2) is 70.3 Å². The standard InChI is InChI=1S/C45H65N4OS/c1-30-26-36-38(28-32(30)3)48(24-22-46(11)12)40(43(36,5)6)20-18-34-16-17-35(42(34)51-45(9,10)50-15)19-21-41-44(7,8)37-27-31(2)33(4)29-39(37)49(41)25-23-47(13)14/h18-21,26-29H,16-17,22-25H2,1-15H3/q+1. The number of thioether (sulfide) groups is 1. The normalized spacial score (nSPS) is 20.1. The number of anilines is 1. The van der Waals surface area contributed by atoms with E-state index in [0.29, 0.717) is 0 Å². The number of aryl methyl sites for hydroxylation is 4. The Morgan fingerprint density at radius 3 is 2.04 bits per heavy atom. The molecule has 0 bridgehead atoms. The second-order valence-corrected chi connectivity index (χ2v) is 18.7. The Labute approximate surface area is 314 Å². The van der Waals surface area contributed by atoms with E-state index in [0.717, 1.165) is 39.0 Å². The monoisotopic (exact) mass is 709 g/mol. The molecular formula is C45H65N4OS+. The predicted molar refractivity (Wildman–Crippen MR) is 222 cm³/mol. The third-order valence-corrected chi connectivity index (χ3v) is 12.9. The van der Waals surface area contributed by atoms with Crippen LogP contribution in [0.4, 0.5) is 11.4 Å². The lowest BCUT2D eigenvalue weighted by atomic mass is 9.80.